The van der Waals surface area contributed by atoms with Crippen molar-refractivity contribution in [3.63, 3.8) is 0 Å². The van der Waals surface area contributed by atoms with E-state index in [1.807, 2.05) is 24.3 Å². The highest BCUT2D eigenvalue weighted by atomic mass is 16.4. The van der Waals surface area contributed by atoms with E-state index >= 15 is 0 Å². The predicted molar refractivity (Wildman–Crippen MR) is 138 cm³/mol. The Morgan fingerprint density at radius 2 is 1.66 bits per heavy atom. The number of nitrogens with one attached hydrogen (secondary N) is 4. The zero-order valence-corrected chi connectivity index (χ0v) is 21.4. The van der Waals surface area contributed by atoms with E-state index in [2.05, 4.69) is 20.9 Å². The third kappa shape index (κ3) is 8.28. The SMILES string of the molecule is CCC(C)C(NC(=O)C(CO)NC(=O)C(N)CCC(N)=O)C(=O)NC(Cc1c[nH]c2ccccc12)C(=O)O. The van der Waals surface area contributed by atoms with E-state index in [4.69, 9.17) is 11.5 Å². The molecule has 2 rings (SSSR count). The van der Waals surface area contributed by atoms with Gasteiger partial charge in [-0.2, -0.15) is 0 Å². The number of primary amides is 1. The van der Waals surface area contributed by atoms with Crippen molar-refractivity contribution in [1.82, 2.24) is 20.9 Å². The number of H-pyrrole nitrogens is 1. The zero-order valence-electron chi connectivity index (χ0n) is 21.4. The summed E-state index contributed by atoms with van der Waals surface area (Å²) in [5.41, 5.74) is 12.3. The molecular weight excluding hydrogens is 496 g/mol. The van der Waals surface area contributed by atoms with Gasteiger partial charge >= 0.3 is 5.97 Å². The summed E-state index contributed by atoms with van der Waals surface area (Å²) in [4.78, 5) is 64.3. The van der Waals surface area contributed by atoms with E-state index in [0.29, 0.717) is 12.0 Å². The zero-order chi connectivity index (χ0) is 28.4. The molecule has 10 N–H and O–H groups in total. The summed E-state index contributed by atoms with van der Waals surface area (Å²) >= 11 is 0. The van der Waals surface area contributed by atoms with Gasteiger partial charge in [0, 0.05) is 29.9 Å². The maximum atomic E-state index is 13.2. The number of aliphatic carboxylic acids is 1. The Morgan fingerprint density at radius 3 is 2.26 bits per heavy atom. The minimum absolute atomic E-state index is 0.00473. The number of carbonyl (C=O) groups excluding carboxylic acids is 4. The molecule has 38 heavy (non-hydrogen) atoms. The number of hydrogen-bond donors (Lipinski definition) is 8. The second-order valence-electron chi connectivity index (χ2n) is 9.19. The van der Waals surface area contributed by atoms with Crippen molar-refractivity contribution < 1.29 is 34.2 Å². The van der Waals surface area contributed by atoms with Crippen LogP contribution < -0.4 is 27.4 Å². The smallest absolute Gasteiger partial charge is 0.326 e. The highest BCUT2D eigenvalue weighted by Crippen LogP contribution is 2.19. The summed E-state index contributed by atoms with van der Waals surface area (Å²) < 4.78 is 0. The van der Waals surface area contributed by atoms with Crippen LogP contribution in [0.5, 0.6) is 0 Å². The lowest BCUT2D eigenvalue weighted by Gasteiger charge is -2.27. The van der Waals surface area contributed by atoms with Crippen LogP contribution in [0, 0.1) is 5.92 Å². The fourth-order valence-corrected chi connectivity index (χ4v) is 3.84. The lowest BCUT2D eigenvalue weighted by Crippen LogP contribution is -2.59. The molecule has 1 heterocycles. The Balaban J connectivity index is 2.11. The highest BCUT2D eigenvalue weighted by Gasteiger charge is 2.33. The van der Waals surface area contributed by atoms with Crippen LogP contribution in [0.3, 0.4) is 0 Å². The van der Waals surface area contributed by atoms with Crippen molar-refractivity contribution in [3.8, 4) is 0 Å². The number of carboxylic acids is 1. The van der Waals surface area contributed by atoms with Gasteiger partial charge in [-0.25, -0.2) is 4.79 Å². The number of aliphatic hydroxyl groups is 1. The minimum Gasteiger partial charge on any atom is -0.480 e. The minimum atomic E-state index is -1.43. The molecule has 0 fully saturated rings. The van der Waals surface area contributed by atoms with Gasteiger partial charge in [-0.3, -0.25) is 19.2 Å². The summed E-state index contributed by atoms with van der Waals surface area (Å²) in [5.74, 6) is -4.66. The molecule has 0 spiro atoms. The van der Waals surface area contributed by atoms with Gasteiger partial charge in [-0.05, 0) is 24.0 Å². The van der Waals surface area contributed by atoms with Crippen molar-refractivity contribution in [2.24, 2.45) is 17.4 Å². The molecule has 0 bridgehead atoms. The Morgan fingerprint density at radius 1 is 1.00 bits per heavy atom. The van der Waals surface area contributed by atoms with Crippen molar-refractivity contribution in [2.45, 2.75) is 63.7 Å². The van der Waals surface area contributed by atoms with Crippen LogP contribution in [0.2, 0.25) is 0 Å². The van der Waals surface area contributed by atoms with E-state index in [1.54, 1.807) is 20.0 Å². The number of rotatable bonds is 15. The van der Waals surface area contributed by atoms with Crippen LogP contribution in [0.1, 0.15) is 38.7 Å². The number of carboxylic acid groups (broad SMARTS) is 1. The molecule has 0 radical (unpaired) electrons. The number of carbonyl (C=O) groups is 5. The maximum absolute atomic E-state index is 13.2. The number of nitrogens with two attached hydrogens (primary N) is 2. The number of para-hydroxylation sites is 1. The Bertz CT molecular complexity index is 1150. The fraction of sp³-hybridized carbons (Fsp3) is 0.480. The molecule has 1 aromatic heterocycles. The lowest BCUT2D eigenvalue weighted by molar-refractivity contribution is -0.142. The van der Waals surface area contributed by atoms with Gasteiger partial charge in [0.25, 0.3) is 0 Å². The fourth-order valence-electron chi connectivity index (χ4n) is 3.84. The van der Waals surface area contributed by atoms with Crippen molar-refractivity contribution in [3.05, 3.63) is 36.0 Å². The van der Waals surface area contributed by atoms with Gasteiger partial charge in [-0.1, -0.05) is 38.5 Å². The van der Waals surface area contributed by atoms with Gasteiger partial charge < -0.3 is 42.6 Å². The molecule has 0 aliphatic carbocycles. The number of aromatic nitrogens is 1. The van der Waals surface area contributed by atoms with Crippen LogP contribution in [0.4, 0.5) is 0 Å². The number of aromatic amines is 1. The van der Waals surface area contributed by atoms with E-state index in [1.165, 1.54) is 0 Å². The third-order valence-electron chi connectivity index (χ3n) is 6.36. The summed E-state index contributed by atoms with van der Waals surface area (Å²) in [7, 11) is 0. The molecule has 0 saturated carbocycles. The molecule has 0 aliphatic heterocycles. The molecule has 13 nitrogen and oxygen atoms in total. The second kappa shape index (κ2) is 14.1. The van der Waals surface area contributed by atoms with Crippen LogP contribution in [-0.2, 0) is 30.4 Å². The van der Waals surface area contributed by atoms with Gasteiger partial charge in [0.2, 0.25) is 23.6 Å². The van der Waals surface area contributed by atoms with Gasteiger partial charge in [-0.15, -0.1) is 0 Å². The molecule has 4 amide bonds. The molecule has 5 atom stereocenters. The Kier molecular flexibility index (Phi) is 11.2. The van der Waals surface area contributed by atoms with Crippen LogP contribution in [0.15, 0.2) is 30.5 Å². The molecule has 2 aromatic rings. The van der Waals surface area contributed by atoms with Gasteiger partial charge in [0.05, 0.1) is 12.6 Å². The predicted octanol–water partition coefficient (Wildman–Crippen LogP) is -1.12. The molecular formula is C25H36N6O7. The van der Waals surface area contributed by atoms with E-state index in [9.17, 15) is 34.2 Å². The first-order valence-corrected chi connectivity index (χ1v) is 12.3. The standard InChI is InChI=1S/C25H36N6O7/c1-3-13(2)21(31-23(35)19(12-32)30-22(34)16(26)8-9-20(27)33)24(36)29-18(25(37)38)10-14-11-28-17-7-5-4-6-15(14)17/h4-7,11,13,16,18-19,21,28,32H,3,8-10,12,26H2,1-2H3,(H2,27,33)(H,29,36)(H,30,34)(H,31,35)(H,37,38). The van der Waals surface area contributed by atoms with E-state index < -0.39 is 66.3 Å². The van der Waals surface area contributed by atoms with Gasteiger partial charge in [0.15, 0.2) is 0 Å². The maximum Gasteiger partial charge on any atom is 0.326 e. The molecule has 208 valence electrons. The molecule has 5 unspecified atom stereocenters. The second-order valence-corrected chi connectivity index (χ2v) is 9.19. The third-order valence-corrected chi connectivity index (χ3v) is 6.36. The monoisotopic (exact) mass is 532 g/mol. The average Bonchev–Trinajstić information content (AvgIpc) is 3.30. The van der Waals surface area contributed by atoms with Crippen LogP contribution in [-0.4, -0.2) is 75.6 Å². The van der Waals surface area contributed by atoms with Crippen LogP contribution in [0.25, 0.3) is 10.9 Å². The average molecular weight is 533 g/mol. The molecule has 0 aliphatic rings. The first kappa shape index (κ1) is 30.3. The number of hydrogen-bond acceptors (Lipinski definition) is 7. The van der Waals surface area contributed by atoms with E-state index in [0.717, 1.165) is 10.9 Å². The van der Waals surface area contributed by atoms with Crippen molar-refractivity contribution in [2.75, 3.05) is 6.61 Å². The quantitative estimate of drug-likeness (QED) is 0.140. The largest absolute Gasteiger partial charge is 0.480 e. The van der Waals surface area contributed by atoms with Gasteiger partial charge in [0.1, 0.15) is 18.1 Å². The molecule has 0 saturated heterocycles. The Hall–Kier alpha value is -3.97. The topological polar surface area (TPSA) is 230 Å². The van der Waals surface area contributed by atoms with E-state index in [-0.39, 0.29) is 19.3 Å². The molecule has 13 heteroatoms. The Labute approximate surface area is 219 Å². The number of aliphatic hydroxyl groups excluding tert-OH is 1. The van der Waals surface area contributed by atoms with Crippen LogP contribution >= 0.6 is 0 Å². The number of benzene rings is 1. The molecule has 1 aromatic carbocycles. The summed E-state index contributed by atoms with van der Waals surface area (Å²) in [6.45, 7) is 2.71. The normalized spacial score (nSPS) is 15.1. The van der Waals surface area contributed by atoms with Crippen molar-refractivity contribution >= 4 is 40.5 Å². The first-order chi connectivity index (χ1) is 18.0. The summed E-state index contributed by atoms with van der Waals surface area (Å²) in [6.07, 6.45) is 1.97. The number of amides is 4. The summed E-state index contributed by atoms with van der Waals surface area (Å²) in [5, 5.41) is 27.6. The summed E-state index contributed by atoms with van der Waals surface area (Å²) in [6, 6.07) is 2.37. The van der Waals surface area contributed by atoms with Crippen molar-refractivity contribution in [1.29, 1.82) is 0 Å². The first-order valence-electron chi connectivity index (χ1n) is 12.3. The lowest BCUT2D eigenvalue weighted by atomic mass is 9.97. The number of fused-ring (bicyclic) bond motifs is 1. The highest BCUT2D eigenvalue weighted by molar-refractivity contribution is 5.94.